The van der Waals surface area contributed by atoms with Gasteiger partial charge >= 0.3 is 5.97 Å². The summed E-state index contributed by atoms with van der Waals surface area (Å²) in [5, 5.41) is 3.71. The van der Waals surface area contributed by atoms with Gasteiger partial charge in [-0.05, 0) is 49.2 Å². The van der Waals surface area contributed by atoms with E-state index in [9.17, 15) is 9.59 Å². The number of hydrogen-bond acceptors (Lipinski definition) is 4. The third kappa shape index (κ3) is 3.26. The van der Waals surface area contributed by atoms with E-state index in [4.69, 9.17) is 9.15 Å². The van der Waals surface area contributed by atoms with Crippen molar-refractivity contribution in [1.82, 2.24) is 0 Å². The Hall–Kier alpha value is -3.08. The molecule has 0 bridgehead atoms. The summed E-state index contributed by atoms with van der Waals surface area (Å²) < 4.78 is 10.4. The van der Waals surface area contributed by atoms with E-state index >= 15 is 0 Å². The molecule has 1 aromatic heterocycles. The number of aryl methyl sites for hydroxylation is 2. The first kappa shape index (κ1) is 16.8. The molecule has 0 aliphatic carbocycles. The van der Waals surface area contributed by atoms with E-state index in [0.717, 1.165) is 17.4 Å². The fourth-order valence-corrected chi connectivity index (χ4v) is 2.73. The standard InChI is InChI=1S/C20H19NO4/c1-4-13-8-9-17-16(10-13)12(2)18(25-17)19(22)21-15-7-5-6-14(11-15)20(23)24-3/h5-11H,4H2,1-3H3,(H,21,22). The van der Waals surface area contributed by atoms with E-state index in [-0.39, 0.29) is 11.7 Å². The van der Waals surface area contributed by atoms with Gasteiger partial charge in [0.05, 0.1) is 12.7 Å². The molecule has 0 spiro atoms. The van der Waals surface area contributed by atoms with Gasteiger partial charge in [0.15, 0.2) is 5.76 Å². The van der Waals surface area contributed by atoms with E-state index in [2.05, 4.69) is 12.2 Å². The third-order valence-electron chi connectivity index (χ3n) is 4.16. The minimum Gasteiger partial charge on any atom is -0.465 e. The monoisotopic (exact) mass is 337 g/mol. The van der Waals surface area contributed by atoms with Crippen LogP contribution in [0, 0.1) is 6.92 Å². The molecule has 128 valence electrons. The molecule has 5 heteroatoms. The van der Waals surface area contributed by atoms with Crippen LogP contribution >= 0.6 is 0 Å². The maximum absolute atomic E-state index is 12.6. The van der Waals surface area contributed by atoms with Crippen molar-refractivity contribution in [2.75, 3.05) is 12.4 Å². The Morgan fingerprint density at radius 1 is 1.16 bits per heavy atom. The smallest absolute Gasteiger partial charge is 0.337 e. The summed E-state index contributed by atoms with van der Waals surface area (Å²) in [6.45, 7) is 3.95. The molecule has 25 heavy (non-hydrogen) atoms. The molecule has 0 atom stereocenters. The SMILES string of the molecule is CCc1ccc2oc(C(=O)Nc3cccc(C(=O)OC)c3)c(C)c2c1. The van der Waals surface area contributed by atoms with Gasteiger partial charge in [-0.25, -0.2) is 4.79 Å². The number of methoxy groups -OCH3 is 1. The molecule has 0 radical (unpaired) electrons. The Bertz CT molecular complexity index is 955. The number of esters is 1. The minimum atomic E-state index is -0.455. The lowest BCUT2D eigenvalue weighted by Gasteiger charge is -2.05. The largest absolute Gasteiger partial charge is 0.465 e. The molecular weight excluding hydrogens is 318 g/mol. The van der Waals surface area contributed by atoms with Crippen LogP contribution in [-0.4, -0.2) is 19.0 Å². The molecule has 0 unspecified atom stereocenters. The quantitative estimate of drug-likeness (QED) is 0.719. The van der Waals surface area contributed by atoms with Crippen molar-refractivity contribution in [3.8, 4) is 0 Å². The van der Waals surface area contributed by atoms with Gasteiger partial charge in [0.25, 0.3) is 5.91 Å². The first-order valence-electron chi connectivity index (χ1n) is 8.05. The lowest BCUT2D eigenvalue weighted by Crippen LogP contribution is -2.12. The van der Waals surface area contributed by atoms with Gasteiger partial charge < -0.3 is 14.5 Å². The highest BCUT2D eigenvalue weighted by atomic mass is 16.5. The molecule has 1 N–H and O–H groups in total. The zero-order chi connectivity index (χ0) is 18.0. The van der Waals surface area contributed by atoms with Crippen molar-refractivity contribution in [3.63, 3.8) is 0 Å². The number of carbonyl (C=O) groups excluding carboxylic acids is 2. The molecule has 3 rings (SSSR count). The lowest BCUT2D eigenvalue weighted by molar-refractivity contribution is 0.0600. The first-order chi connectivity index (χ1) is 12.0. The fourth-order valence-electron chi connectivity index (χ4n) is 2.73. The normalized spacial score (nSPS) is 10.7. The predicted octanol–water partition coefficient (Wildman–Crippen LogP) is 4.34. The van der Waals surface area contributed by atoms with Crippen LogP contribution in [0.4, 0.5) is 5.69 Å². The Labute approximate surface area is 145 Å². The molecule has 0 fully saturated rings. The molecule has 0 saturated carbocycles. The summed E-state index contributed by atoms with van der Waals surface area (Å²) in [5.74, 6) is -0.538. The molecule has 0 aliphatic rings. The van der Waals surface area contributed by atoms with E-state index in [1.54, 1.807) is 24.3 Å². The topological polar surface area (TPSA) is 68.5 Å². The van der Waals surface area contributed by atoms with Crippen LogP contribution in [0.3, 0.4) is 0 Å². The van der Waals surface area contributed by atoms with E-state index in [1.807, 2.05) is 25.1 Å². The second kappa shape index (κ2) is 6.81. The number of ether oxygens (including phenoxy) is 1. The van der Waals surface area contributed by atoms with Gasteiger partial charge in [0, 0.05) is 16.6 Å². The van der Waals surface area contributed by atoms with Crippen molar-refractivity contribution in [3.05, 3.63) is 64.9 Å². The zero-order valence-corrected chi connectivity index (χ0v) is 14.4. The number of nitrogens with one attached hydrogen (secondary N) is 1. The summed E-state index contributed by atoms with van der Waals surface area (Å²) in [4.78, 5) is 24.2. The van der Waals surface area contributed by atoms with Crippen LogP contribution in [0.2, 0.25) is 0 Å². The fraction of sp³-hybridized carbons (Fsp3) is 0.200. The van der Waals surface area contributed by atoms with Crippen molar-refractivity contribution in [2.24, 2.45) is 0 Å². The number of rotatable bonds is 4. The number of benzene rings is 2. The molecule has 0 aliphatic heterocycles. The highest BCUT2D eigenvalue weighted by Crippen LogP contribution is 2.27. The van der Waals surface area contributed by atoms with Gasteiger partial charge in [0.2, 0.25) is 0 Å². The van der Waals surface area contributed by atoms with Crippen molar-refractivity contribution < 1.29 is 18.7 Å². The van der Waals surface area contributed by atoms with Crippen LogP contribution < -0.4 is 5.32 Å². The third-order valence-corrected chi connectivity index (χ3v) is 4.16. The van der Waals surface area contributed by atoms with Gasteiger partial charge in [0.1, 0.15) is 5.58 Å². The summed E-state index contributed by atoms with van der Waals surface area (Å²) in [7, 11) is 1.32. The van der Waals surface area contributed by atoms with Crippen molar-refractivity contribution in [2.45, 2.75) is 20.3 Å². The summed E-state index contributed by atoms with van der Waals surface area (Å²) >= 11 is 0. The summed E-state index contributed by atoms with van der Waals surface area (Å²) in [6, 6.07) is 12.5. The summed E-state index contributed by atoms with van der Waals surface area (Å²) in [6.07, 6.45) is 0.919. The number of anilines is 1. The number of furan rings is 1. The maximum atomic E-state index is 12.6. The molecule has 3 aromatic rings. The molecule has 2 aromatic carbocycles. The Morgan fingerprint density at radius 2 is 1.96 bits per heavy atom. The van der Waals surface area contributed by atoms with Gasteiger partial charge in [-0.3, -0.25) is 4.79 Å². The average Bonchev–Trinajstić information content (AvgIpc) is 2.97. The molecule has 0 saturated heterocycles. The second-order valence-corrected chi connectivity index (χ2v) is 5.77. The van der Waals surface area contributed by atoms with Crippen LogP contribution in [0.1, 0.15) is 39.0 Å². The number of hydrogen-bond donors (Lipinski definition) is 1. The first-order valence-corrected chi connectivity index (χ1v) is 8.05. The summed E-state index contributed by atoms with van der Waals surface area (Å²) in [5.41, 5.74) is 3.54. The van der Waals surface area contributed by atoms with Gasteiger partial charge in [-0.1, -0.05) is 19.1 Å². The molecule has 5 nitrogen and oxygen atoms in total. The zero-order valence-electron chi connectivity index (χ0n) is 14.4. The Kier molecular flexibility index (Phi) is 4.57. The molecular formula is C20H19NO4. The van der Waals surface area contributed by atoms with Gasteiger partial charge in [-0.2, -0.15) is 0 Å². The Morgan fingerprint density at radius 3 is 2.68 bits per heavy atom. The van der Waals surface area contributed by atoms with Crippen LogP contribution in [0.5, 0.6) is 0 Å². The molecule has 1 heterocycles. The number of fused-ring (bicyclic) bond motifs is 1. The highest BCUT2D eigenvalue weighted by molar-refractivity contribution is 6.07. The average molecular weight is 337 g/mol. The second-order valence-electron chi connectivity index (χ2n) is 5.77. The highest BCUT2D eigenvalue weighted by Gasteiger charge is 2.18. The minimum absolute atomic E-state index is 0.270. The van der Waals surface area contributed by atoms with Crippen LogP contribution in [0.15, 0.2) is 46.9 Å². The van der Waals surface area contributed by atoms with E-state index in [1.165, 1.54) is 12.7 Å². The number of amides is 1. The van der Waals surface area contributed by atoms with E-state index in [0.29, 0.717) is 16.8 Å². The van der Waals surface area contributed by atoms with E-state index < -0.39 is 5.97 Å². The van der Waals surface area contributed by atoms with Gasteiger partial charge in [-0.15, -0.1) is 0 Å². The van der Waals surface area contributed by atoms with Crippen molar-refractivity contribution >= 4 is 28.5 Å². The van der Waals surface area contributed by atoms with Crippen LogP contribution in [-0.2, 0) is 11.2 Å². The van der Waals surface area contributed by atoms with Crippen LogP contribution in [0.25, 0.3) is 11.0 Å². The Balaban J connectivity index is 1.90. The lowest BCUT2D eigenvalue weighted by atomic mass is 10.1. The molecule has 1 amide bonds. The van der Waals surface area contributed by atoms with Crippen molar-refractivity contribution in [1.29, 1.82) is 0 Å². The predicted molar refractivity (Wildman–Crippen MR) is 96.1 cm³/mol. The maximum Gasteiger partial charge on any atom is 0.337 e. The number of carbonyl (C=O) groups is 2.